The highest BCUT2D eigenvalue weighted by Gasteiger charge is 2.35. The molecule has 1 aromatic carbocycles. The van der Waals surface area contributed by atoms with E-state index in [2.05, 4.69) is 19.2 Å². The topological polar surface area (TPSA) is 66.5 Å². The summed E-state index contributed by atoms with van der Waals surface area (Å²) in [4.78, 5) is 12.7. The van der Waals surface area contributed by atoms with Crippen LogP contribution >= 0.6 is 23.2 Å². The van der Waals surface area contributed by atoms with E-state index in [1.165, 1.54) is 22.9 Å². The molecule has 0 bridgehead atoms. The highest BCUT2D eigenvalue weighted by molar-refractivity contribution is 7.89. The summed E-state index contributed by atoms with van der Waals surface area (Å²) in [5, 5.41) is 3.71. The second-order valence-corrected chi connectivity index (χ2v) is 10.9. The largest absolute Gasteiger partial charge is 0.353 e. The minimum absolute atomic E-state index is 0.0228. The average molecular weight is 447 g/mol. The van der Waals surface area contributed by atoms with Gasteiger partial charge in [0.15, 0.2) is 0 Å². The van der Waals surface area contributed by atoms with Gasteiger partial charge in [-0.2, -0.15) is 4.31 Å². The van der Waals surface area contributed by atoms with Crippen molar-refractivity contribution in [2.45, 2.75) is 56.9 Å². The number of carbonyl (C=O) groups excluding carboxylic acids is 1. The summed E-state index contributed by atoms with van der Waals surface area (Å²) >= 11 is 12.0. The molecule has 1 aromatic rings. The van der Waals surface area contributed by atoms with E-state index in [4.69, 9.17) is 23.2 Å². The first-order valence-corrected chi connectivity index (χ1v) is 12.2. The Morgan fingerprint density at radius 1 is 1.11 bits per heavy atom. The summed E-state index contributed by atoms with van der Waals surface area (Å²) in [6.45, 7) is 5.06. The van der Waals surface area contributed by atoms with Crippen molar-refractivity contribution in [2.24, 2.45) is 17.8 Å². The Labute approximate surface area is 177 Å². The molecule has 0 unspecified atom stereocenters. The predicted molar refractivity (Wildman–Crippen MR) is 112 cm³/mol. The highest BCUT2D eigenvalue weighted by Crippen LogP contribution is 2.32. The van der Waals surface area contributed by atoms with Crippen LogP contribution in [0, 0.1) is 17.8 Å². The first-order valence-electron chi connectivity index (χ1n) is 9.95. The van der Waals surface area contributed by atoms with E-state index in [9.17, 15) is 13.2 Å². The van der Waals surface area contributed by atoms with Gasteiger partial charge in [0.1, 0.15) is 4.90 Å². The second-order valence-electron chi connectivity index (χ2n) is 8.14. The van der Waals surface area contributed by atoms with E-state index in [0.29, 0.717) is 42.8 Å². The monoisotopic (exact) mass is 446 g/mol. The fraction of sp³-hybridized carbons (Fsp3) is 0.650. The first-order chi connectivity index (χ1) is 13.2. The van der Waals surface area contributed by atoms with Crippen LogP contribution < -0.4 is 5.32 Å². The molecule has 1 aliphatic heterocycles. The Morgan fingerprint density at radius 3 is 2.46 bits per heavy atom. The maximum atomic E-state index is 12.9. The molecule has 1 saturated heterocycles. The molecule has 8 heteroatoms. The summed E-state index contributed by atoms with van der Waals surface area (Å²) in [6.07, 6.45) is 4.42. The van der Waals surface area contributed by atoms with Crippen molar-refractivity contribution in [1.29, 1.82) is 0 Å². The van der Waals surface area contributed by atoms with Crippen LogP contribution in [0.15, 0.2) is 23.1 Å². The molecular formula is C20H28Cl2N2O3S. The van der Waals surface area contributed by atoms with Crippen molar-refractivity contribution in [3.8, 4) is 0 Å². The predicted octanol–water partition coefficient (Wildman–Crippen LogP) is 4.34. The van der Waals surface area contributed by atoms with Crippen LogP contribution in [-0.4, -0.2) is 37.8 Å². The fourth-order valence-electron chi connectivity index (χ4n) is 4.26. The summed E-state index contributed by atoms with van der Waals surface area (Å²) in [5.74, 6) is 1.01. The van der Waals surface area contributed by atoms with E-state index in [0.717, 1.165) is 12.8 Å². The zero-order valence-electron chi connectivity index (χ0n) is 16.3. The Balaban J connectivity index is 1.61. The lowest BCUT2D eigenvalue weighted by Crippen LogP contribution is -2.48. The lowest BCUT2D eigenvalue weighted by Gasteiger charge is -2.36. The summed E-state index contributed by atoms with van der Waals surface area (Å²) in [7, 11) is -3.72. The number of hydrogen-bond donors (Lipinski definition) is 1. The first kappa shape index (κ1) is 21.9. The highest BCUT2D eigenvalue weighted by atomic mass is 35.5. The summed E-state index contributed by atoms with van der Waals surface area (Å²) in [6, 6.07) is 4.66. The molecule has 0 radical (unpaired) electrons. The molecule has 1 saturated carbocycles. The number of nitrogens with zero attached hydrogens (tertiary/aromatic N) is 1. The summed E-state index contributed by atoms with van der Waals surface area (Å²) < 4.78 is 27.2. The molecule has 28 heavy (non-hydrogen) atoms. The van der Waals surface area contributed by atoms with E-state index in [1.54, 1.807) is 6.07 Å². The van der Waals surface area contributed by atoms with Crippen LogP contribution in [0.4, 0.5) is 0 Å². The van der Waals surface area contributed by atoms with Gasteiger partial charge in [-0.25, -0.2) is 8.42 Å². The molecule has 2 fully saturated rings. The number of amides is 1. The van der Waals surface area contributed by atoms with Crippen LogP contribution in [-0.2, 0) is 14.8 Å². The molecule has 2 aliphatic rings. The van der Waals surface area contributed by atoms with Gasteiger partial charge in [-0.1, -0.05) is 49.9 Å². The number of rotatable bonds is 4. The van der Waals surface area contributed by atoms with Crippen molar-refractivity contribution in [2.75, 3.05) is 13.1 Å². The van der Waals surface area contributed by atoms with E-state index < -0.39 is 10.0 Å². The van der Waals surface area contributed by atoms with E-state index in [1.807, 2.05) is 0 Å². The van der Waals surface area contributed by atoms with Crippen molar-refractivity contribution < 1.29 is 13.2 Å². The Hall–Kier alpha value is -0.820. The zero-order chi connectivity index (χ0) is 20.5. The third kappa shape index (κ3) is 4.66. The standard InChI is InChI=1S/C20H28Cl2N2O3S/c1-13-4-3-5-18(14(13)2)23-20(25)15-8-10-24(11-9-15)28(26,27)19-12-16(21)6-7-17(19)22/h6-7,12-15,18H,3-5,8-11H2,1-2H3,(H,23,25)/t13-,14+,18-/m0/s1. The Kier molecular flexibility index (Phi) is 6.96. The maximum Gasteiger partial charge on any atom is 0.244 e. The number of piperidine rings is 1. The van der Waals surface area contributed by atoms with Crippen LogP contribution in [0.5, 0.6) is 0 Å². The fourth-order valence-corrected chi connectivity index (χ4v) is 6.47. The van der Waals surface area contributed by atoms with Gasteiger partial charge in [-0.05, 0) is 49.3 Å². The Bertz CT molecular complexity index is 823. The van der Waals surface area contributed by atoms with Gasteiger partial charge >= 0.3 is 0 Å². The Morgan fingerprint density at radius 2 is 1.79 bits per heavy atom. The van der Waals surface area contributed by atoms with Gasteiger partial charge in [0.25, 0.3) is 0 Å². The molecule has 0 aromatic heterocycles. The van der Waals surface area contributed by atoms with Crippen molar-refractivity contribution in [1.82, 2.24) is 9.62 Å². The van der Waals surface area contributed by atoms with E-state index >= 15 is 0 Å². The lowest BCUT2D eigenvalue weighted by atomic mass is 9.78. The second kappa shape index (κ2) is 8.90. The molecule has 1 aliphatic carbocycles. The number of nitrogens with one attached hydrogen (secondary N) is 1. The van der Waals surface area contributed by atoms with Crippen LogP contribution in [0.1, 0.15) is 46.0 Å². The molecule has 1 amide bonds. The number of sulfonamides is 1. The average Bonchev–Trinajstić information content (AvgIpc) is 2.67. The number of halogens is 2. The number of hydrogen-bond acceptors (Lipinski definition) is 3. The number of benzene rings is 1. The van der Waals surface area contributed by atoms with Gasteiger partial charge in [0.2, 0.25) is 15.9 Å². The molecule has 3 atom stereocenters. The van der Waals surface area contributed by atoms with Crippen molar-refractivity contribution in [3.63, 3.8) is 0 Å². The minimum Gasteiger partial charge on any atom is -0.353 e. The molecule has 0 spiro atoms. The SMILES string of the molecule is C[C@H]1[C@@H](NC(=O)C2CCN(S(=O)(=O)c3cc(Cl)ccc3Cl)CC2)CCC[C@@H]1C. The van der Waals surface area contributed by atoms with Gasteiger partial charge in [-0.15, -0.1) is 0 Å². The van der Waals surface area contributed by atoms with Crippen molar-refractivity contribution in [3.05, 3.63) is 28.2 Å². The smallest absolute Gasteiger partial charge is 0.244 e. The van der Waals surface area contributed by atoms with Gasteiger partial charge < -0.3 is 5.32 Å². The number of carbonyl (C=O) groups is 1. The lowest BCUT2D eigenvalue weighted by molar-refractivity contribution is -0.127. The molecule has 3 rings (SSSR count). The van der Waals surface area contributed by atoms with Crippen molar-refractivity contribution >= 4 is 39.1 Å². The van der Waals surface area contributed by atoms with Crippen LogP contribution in [0.25, 0.3) is 0 Å². The van der Waals surface area contributed by atoms with E-state index in [-0.39, 0.29) is 27.8 Å². The van der Waals surface area contributed by atoms with Crippen LogP contribution in [0.2, 0.25) is 10.0 Å². The molecule has 156 valence electrons. The summed E-state index contributed by atoms with van der Waals surface area (Å²) in [5.41, 5.74) is 0. The normalized spacial score (nSPS) is 27.5. The van der Waals surface area contributed by atoms with Gasteiger partial charge in [0.05, 0.1) is 5.02 Å². The van der Waals surface area contributed by atoms with Crippen LogP contribution in [0.3, 0.4) is 0 Å². The third-order valence-corrected chi connectivity index (χ3v) is 8.99. The van der Waals surface area contributed by atoms with Gasteiger partial charge in [0, 0.05) is 30.1 Å². The zero-order valence-corrected chi connectivity index (χ0v) is 18.7. The maximum absolute atomic E-state index is 12.9. The molecule has 1 heterocycles. The molecule has 5 nitrogen and oxygen atoms in total. The molecule has 1 N–H and O–H groups in total. The van der Waals surface area contributed by atoms with Gasteiger partial charge in [-0.3, -0.25) is 4.79 Å². The molecular weight excluding hydrogens is 419 g/mol. The quantitative estimate of drug-likeness (QED) is 0.747. The minimum atomic E-state index is -3.72. The third-order valence-electron chi connectivity index (χ3n) is 6.37.